The maximum Gasteiger partial charge on any atom is 0.194 e. The van der Waals surface area contributed by atoms with Gasteiger partial charge in [-0.15, -0.1) is 22.7 Å². The van der Waals surface area contributed by atoms with Crippen LogP contribution in [0.5, 0.6) is 0 Å². The summed E-state index contributed by atoms with van der Waals surface area (Å²) in [4.78, 5) is 5.33. The van der Waals surface area contributed by atoms with Crippen molar-refractivity contribution in [3.8, 4) is 9.75 Å². The zero-order chi connectivity index (χ0) is 18.1. The van der Waals surface area contributed by atoms with Crippen LogP contribution in [0.15, 0.2) is 24.3 Å². The highest BCUT2D eigenvalue weighted by atomic mass is 32.1. The Balaban J connectivity index is 1.65. The Morgan fingerprint density at radius 2 is 1.48 bits per heavy atom. The van der Waals surface area contributed by atoms with Gasteiger partial charge in [-0.25, -0.2) is 0 Å². The molecule has 0 spiro atoms. The van der Waals surface area contributed by atoms with Crippen LogP contribution in [-0.4, -0.2) is 11.2 Å². The van der Waals surface area contributed by atoms with Crippen molar-refractivity contribution in [2.45, 2.75) is 84.2 Å². The number of unbranched alkanes of at least 4 members (excludes halogenated alkanes) is 3. The van der Waals surface area contributed by atoms with E-state index in [1.807, 2.05) is 11.3 Å². The van der Waals surface area contributed by atoms with Gasteiger partial charge in [-0.05, 0) is 64.8 Å². The first kappa shape index (κ1) is 19.1. The average molecular weight is 379 g/mol. The van der Waals surface area contributed by atoms with Crippen molar-refractivity contribution in [2.24, 2.45) is 0 Å². The molecule has 2 aromatic rings. The summed E-state index contributed by atoms with van der Waals surface area (Å²) in [5.74, 6) is 0. The molecular formula is C21H30O2S2. The second kappa shape index (κ2) is 7.51. The number of rotatable bonds is 7. The van der Waals surface area contributed by atoms with E-state index in [0.717, 1.165) is 4.88 Å². The Bertz CT molecular complexity index is 680. The largest absolute Gasteiger partial charge is 0.339 e. The van der Waals surface area contributed by atoms with Gasteiger partial charge in [-0.3, -0.25) is 0 Å². The SMILES string of the molecule is CCCCCCc1ccc(-c2ccc(C3OC(C)(C)C(C)(C)O3)s2)s1. The third kappa shape index (κ3) is 4.19. The highest BCUT2D eigenvalue weighted by molar-refractivity contribution is 7.22. The molecule has 0 amide bonds. The molecule has 1 saturated heterocycles. The number of thiophene rings is 2. The van der Waals surface area contributed by atoms with Crippen LogP contribution >= 0.6 is 22.7 Å². The first-order valence-corrected chi connectivity index (χ1v) is 11.0. The van der Waals surface area contributed by atoms with Crippen molar-refractivity contribution in [2.75, 3.05) is 0 Å². The maximum absolute atomic E-state index is 6.17. The molecule has 2 aromatic heterocycles. The van der Waals surface area contributed by atoms with Crippen molar-refractivity contribution in [3.05, 3.63) is 34.0 Å². The second-order valence-corrected chi connectivity index (χ2v) is 10.2. The standard InChI is InChI=1S/C21H30O2S2/c1-6-7-8-9-10-15-11-12-16(24-15)17-13-14-18(25-17)19-22-20(2,3)21(4,5)23-19/h11-14,19H,6-10H2,1-5H3. The van der Waals surface area contributed by atoms with Crippen LogP contribution in [0.1, 0.15) is 76.3 Å². The third-order valence-corrected chi connectivity index (χ3v) is 7.74. The second-order valence-electron chi connectivity index (χ2n) is 7.87. The molecule has 138 valence electrons. The minimum Gasteiger partial charge on any atom is -0.339 e. The summed E-state index contributed by atoms with van der Waals surface area (Å²) < 4.78 is 12.3. The van der Waals surface area contributed by atoms with Crippen molar-refractivity contribution in [1.29, 1.82) is 0 Å². The van der Waals surface area contributed by atoms with Gasteiger partial charge in [0.15, 0.2) is 6.29 Å². The molecule has 0 unspecified atom stereocenters. The molecule has 0 N–H and O–H groups in total. The van der Waals surface area contributed by atoms with Gasteiger partial charge in [0.2, 0.25) is 0 Å². The van der Waals surface area contributed by atoms with E-state index in [2.05, 4.69) is 58.9 Å². The molecule has 0 bridgehead atoms. The monoisotopic (exact) mass is 378 g/mol. The lowest BCUT2D eigenvalue weighted by Gasteiger charge is -2.30. The van der Waals surface area contributed by atoms with E-state index in [1.165, 1.54) is 46.7 Å². The average Bonchev–Trinajstić information content (AvgIpc) is 3.22. The molecule has 0 aliphatic carbocycles. The molecule has 3 rings (SSSR count). The molecule has 0 aromatic carbocycles. The summed E-state index contributed by atoms with van der Waals surface area (Å²) in [6.45, 7) is 10.7. The van der Waals surface area contributed by atoms with Gasteiger partial charge in [0.25, 0.3) is 0 Å². The van der Waals surface area contributed by atoms with Crippen LogP contribution < -0.4 is 0 Å². The molecule has 1 aliphatic rings. The quantitative estimate of drug-likeness (QED) is 0.474. The fraction of sp³-hybridized carbons (Fsp3) is 0.619. The first-order chi connectivity index (χ1) is 11.8. The summed E-state index contributed by atoms with van der Waals surface area (Å²) in [5.41, 5.74) is -0.563. The fourth-order valence-electron chi connectivity index (χ4n) is 2.94. The van der Waals surface area contributed by atoms with E-state index in [4.69, 9.17) is 9.47 Å². The molecule has 2 nitrogen and oxygen atoms in total. The molecule has 0 radical (unpaired) electrons. The molecule has 1 aliphatic heterocycles. The van der Waals surface area contributed by atoms with Crippen molar-refractivity contribution in [3.63, 3.8) is 0 Å². The molecule has 25 heavy (non-hydrogen) atoms. The van der Waals surface area contributed by atoms with E-state index < -0.39 is 0 Å². The highest BCUT2D eigenvalue weighted by Gasteiger charge is 2.49. The third-order valence-electron chi connectivity index (χ3n) is 5.29. The van der Waals surface area contributed by atoms with Crippen LogP contribution in [0.25, 0.3) is 9.75 Å². The minimum atomic E-state index is -0.281. The van der Waals surface area contributed by atoms with Crippen molar-refractivity contribution in [1.82, 2.24) is 0 Å². The molecule has 4 heteroatoms. The van der Waals surface area contributed by atoms with Gasteiger partial charge < -0.3 is 9.47 Å². The smallest absolute Gasteiger partial charge is 0.194 e. The topological polar surface area (TPSA) is 18.5 Å². The predicted octanol–water partition coefficient (Wildman–Crippen LogP) is 7.20. The number of hydrogen-bond acceptors (Lipinski definition) is 4. The van der Waals surface area contributed by atoms with E-state index in [0.29, 0.717) is 0 Å². The fourth-order valence-corrected chi connectivity index (χ4v) is 5.05. The Morgan fingerprint density at radius 1 is 0.840 bits per heavy atom. The van der Waals surface area contributed by atoms with Gasteiger partial charge in [-0.2, -0.15) is 0 Å². The van der Waals surface area contributed by atoms with Gasteiger partial charge in [0.1, 0.15) is 0 Å². The Morgan fingerprint density at radius 3 is 2.16 bits per heavy atom. The maximum atomic E-state index is 6.17. The Kier molecular flexibility index (Phi) is 5.74. The Labute approximate surface area is 160 Å². The summed E-state index contributed by atoms with van der Waals surface area (Å²) in [6, 6.07) is 8.92. The number of ether oxygens (including phenoxy) is 2. The van der Waals surface area contributed by atoms with Gasteiger partial charge >= 0.3 is 0 Å². The van der Waals surface area contributed by atoms with Crippen molar-refractivity contribution < 1.29 is 9.47 Å². The normalized spacial score (nSPS) is 19.6. The van der Waals surface area contributed by atoms with Crippen LogP contribution in [-0.2, 0) is 15.9 Å². The molecule has 3 heterocycles. The number of hydrogen-bond donors (Lipinski definition) is 0. The van der Waals surface area contributed by atoms with E-state index >= 15 is 0 Å². The highest BCUT2D eigenvalue weighted by Crippen LogP contribution is 2.47. The minimum absolute atomic E-state index is 0.253. The summed E-state index contributed by atoms with van der Waals surface area (Å²) >= 11 is 3.72. The molecular weight excluding hydrogens is 348 g/mol. The van der Waals surface area contributed by atoms with Crippen LogP contribution in [0.2, 0.25) is 0 Å². The van der Waals surface area contributed by atoms with Crippen molar-refractivity contribution >= 4 is 22.7 Å². The van der Waals surface area contributed by atoms with Crippen LogP contribution in [0.4, 0.5) is 0 Å². The van der Waals surface area contributed by atoms with E-state index in [-0.39, 0.29) is 17.5 Å². The van der Waals surface area contributed by atoms with Crippen LogP contribution in [0.3, 0.4) is 0 Å². The summed E-state index contributed by atoms with van der Waals surface area (Å²) in [5, 5.41) is 0. The lowest BCUT2D eigenvalue weighted by Crippen LogP contribution is -2.41. The van der Waals surface area contributed by atoms with Gasteiger partial charge in [-0.1, -0.05) is 26.2 Å². The summed E-state index contributed by atoms with van der Waals surface area (Å²) in [7, 11) is 0. The molecule has 0 saturated carbocycles. The lowest BCUT2D eigenvalue weighted by atomic mass is 9.90. The molecule has 0 atom stereocenters. The molecule has 1 fully saturated rings. The van der Waals surface area contributed by atoms with Gasteiger partial charge in [0, 0.05) is 14.6 Å². The van der Waals surface area contributed by atoms with Crippen LogP contribution in [0, 0.1) is 0 Å². The summed E-state index contributed by atoms with van der Waals surface area (Å²) in [6.07, 6.45) is 6.25. The van der Waals surface area contributed by atoms with Gasteiger partial charge in [0.05, 0.1) is 16.1 Å². The first-order valence-electron chi connectivity index (χ1n) is 9.37. The zero-order valence-corrected chi connectivity index (χ0v) is 17.7. The Hall–Kier alpha value is -0.680. The van der Waals surface area contributed by atoms with E-state index in [9.17, 15) is 0 Å². The predicted molar refractivity (Wildman–Crippen MR) is 109 cm³/mol. The lowest BCUT2D eigenvalue weighted by molar-refractivity contribution is -0.0871. The van der Waals surface area contributed by atoms with E-state index in [1.54, 1.807) is 11.3 Å². The number of aryl methyl sites for hydroxylation is 1. The zero-order valence-electron chi connectivity index (χ0n) is 16.1.